The number of unbranched alkanes of at least 4 members (excludes halogenated alkanes) is 2. The number of carbonyl (C=O) groups excluding carboxylic acids is 6. The van der Waals surface area contributed by atoms with E-state index >= 15 is 0 Å². The maximum Gasteiger partial charge on any atom is 0.246 e. The van der Waals surface area contributed by atoms with Gasteiger partial charge in [0.1, 0.15) is 30.2 Å². The van der Waals surface area contributed by atoms with Crippen LogP contribution in [-0.2, 0) is 28.8 Å². The van der Waals surface area contributed by atoms with Gasteiger partial charge in [0.25, 0.3) is 0 Å². The third-order valence-corrected chi connectivity index (χ3v) is 9.78. The minimum Gasteiger partial charge on any atom is -0.394 e. The number of amides is 6. The van der Waals surface area contributed by atoms with Gasteiger partial charge in [0, 0.05) is 33.5 Å². The molecule has 0 bridgehead atoms. The van der Waals surface area contributed by atoms with Crippen LogP contribution in [0, 0.1) is 41.9 Å². The van der Waals surface area contributed by atoms with Crippen molar-refractivity contribution in [3.63, 3.8) is 0 Å². The molecular formula is C37H66N6O7. The van der Waals surface area contributed by atoms with Crippen molar-refractivity contribution in [1.82, 2.24) is 25.3 Å². The van der Waals surface area contributed by atoms with Gasteiger partial charge in [0.2, 0.25) is 35.4 Å². The van der Waals surface area contributed by atoms with Crippen LogP contribution < -0.4 is 16.4 Å². The lowest BCUT2D eigenvalue weighted by Gasteiger charge is -2.39. The van der Waals surface area contributed by atoms with Crippen molar-refractivity contribution in [3.8, 4) is 12.3 Å². The standard InChI is InChI=1S/C37H66N6O7/c1-14-17-18-19-20-26(10)35(48)42(12)30(23(6)7)37(50)41(11)29(22(4)5)33(46)40-28(24(8)15-2)36(49)43(13)31(25(9)16-3)34(47)39-27(21-44)32(38)45/h1,22-31,44H,15-21H2,2-13H3,(H2,38,45)(H,39,47)(H,40,46)/t24-,25-,26+,27-,28-,29-,30-,31-/m0/s1. The van der Waals surface area contributed by atoms with Crippen molar-refractivity contribution in [2.75, 3.05) is 27.7 Å². The van der Waals surface area contributed by atoms with Crippen LogP contribution in [0.3, 0.4) is 0 Å². The summed E-state index contributed by atoms with van der Waals surface area (Å²) in [7, 11) is 4.62. The average Bonchev–Trinajstić information content (AvgIpc) is 3.05. The first-order chi connectivity index (χ1) is 23.2. The first kappa shape index (κ1) is 46.3. The molecule has 5 N–H and O–H groups in total. The van der Waals surface area contributed by atoms with E-state index in [1.807, 2.05) is 41.5 Å². The van der Waals surface area contributed by atoms with E-state index in [0.29, 0.717) is 25.7 Å². The molecule has 50 heavy (non-hydrogen) atoms. The number of nitrogens with one attached hydrogen (secondary N) is 2. The molecular weight excluding hydrogens is 640 g/mol. The first-order valence-corrected chi connectivity index (χ1v) is 18.0. The molecule has 0 radical (unpaired) electrons. The molecule has 0 spiro atoms. The second kappa shape index (κ2) is 22.2. The Bertz CT molecular complexity index is 1190. The fourth-order valence-electron chi connectivity index (χ4n) is 6.24. The number of hydrogen-bond acceptors (Lipinski definition) is 7. The van der Waals surface area contributed by atoms with E-state index in [1.54, 1.807) is 27.8 Å². The van der Waals surface area contributed by atoms with Gasteiger partial charge >= 0.3 is 0 Å². The smallest absolute Gasteiger partial charge is 0.246 e. The van der Waals surface area contributed by atoms with Crippen molar-refractivity contribution < 1.29 is 33.9 Å². The van der Waals surface area contributed by atoms with Crippen LogP contribution in [-0.4, -0.2) is 113 Å². The molecule has 0 aromatic rings. The molecule has 0 saturated carbocycles. The third-order valence-electron chi connectivity index (χ3n) is 9.78. The molecule has 0 aromatic heterocycles. The summed E-state index contributed by atoms with van der Waals surface area (Å²) in [6.07, 6.45) is 9.28. The summed E-state index contributed by atoms with van der Waals surface area (Å²) in [6.45, 7) is 15.8. The number of aliphatic hydroxyl groups is 1. The zero-order chi connectivity index (χ0) is 39.0. The third kappa shape index (κ3) is 12.9. The molecule has 0 unspecified atom stereocenters. The lowest BCUT2D eigenvalue weighted by Crippen LogP contribution is -2.62. The van der Waals surface area contributed by atoms with Gasteiger partial charge in [-0.2, -0.15) is 0 Å². The lowest BCUT2D eigenvalue weighted by molar-refractivity contribution is -0.152. The molecule has 8 atom stereocenters. The van der Waals surface area contributed by atoms with Gasteiger partial charge in [-0.1, -0.05) is 81.6 Å². The van der Waals surface area contributed by atoms with Gasteiger partial charge in [0.05, 0.1) is 6.61 Å². The van der Waals surface area contributed by atoms with Crippen LogP contribution in [0.2, 0.25) is 0 Å². The van der Waals surface area contributed by atoms with E-state index in [-0.39, 0.29) is 35.5 Å². The summed E-state index contributed by atoms with van der Waals surface area (Å²) in [4.78, 5) is 84.9. The molecule has 0 saturated heterocycles. The van der Waals surface area contributed by atoms with E-state index in [1.165, 1.54) is 28.8 Å². The highest BCUT2D eigenvalue weighted by Crippen LogP contribution is 2.23. The highest BCUT2D eigenvalue weighted by molar-refractivity contribution is 5.96. The van der Waals surface area contributed by atoms with Crippen LogP contribution >= 0.6 is 0 Å². The van der Waals surface area contributed by atoms with Gasteiger partial charge in [-0.05, 0) is 36.5 Å². The lowest BCUT2D eigenvalue weighted by atomic mass is 9.92. The normalized spacial score (nSPS) is 16.1. The Morgan fingerprint density at radius 3 is 1.62 bits per heavy atom. The maximum atomic E-state index is 14.1. The Morgan fingerprint density at radius 2 is 1.18 bits per heavy atom. The molecule has 0 aliphatic carbocycles. The first-order valence-electron chi connectivity index (χ1n) is 18.0. The van der Waals surface area contributed by atoms with Crippen molar-refractivity contribution in [3.05, 3.63) is 0 Å². The molecule has 13 nitrogen and oxygen atoms in total. The second-order valence-corrected chi connectivity index (χ2v) is 14.4. The molecule has 0 aliphatic rings. The van der Waals surface area contributed by atoms with Gasteiger partial charge in [-0.25, -0.2) is 0 Å². The van der Waals surface area contributed by atoms with Crippen LogP contribution in [0.5, 0.6) is 0 Å². The maximum absolute atomic E-state index is 14.1. The minimum atomic E-state index is -1.33. The van der Waals surface area contributed by atoms with Gasteiger partial charge in [-0.15, -0.1) is 12.3 Å². The fraction of sp³-hybridized carbons (Fsp3) is 0.784. The fourth-order valence-corrected chi connectivity index (χ4v) is 6.24. The van der Waals surface area contributed by atoms with E-state index in [2.05, 4.69) is 16.6 Å². The number of carbonyl (C=O) groups is 6. The number of terminal acetylenes is 1. The zero-order valence-electron chi connectivity index (χ0n) is 32.6. The Morgan fingerprint density at radius 1 is 0.700 bits per heavy atom. The number of nitrogens with zero attached hydrogens (tertiary/aromatic N) is 3. The quantitative estimate of drug-likeness (QED) is 0.0983. The number of likely N-dealkylation sites (N-methyl/N-ethyl adjacent to an activating group) is 3. The molecule has 0 rings (SSSR count). The van der Waals surface area contributed by atoms with Crippen molar-refractivity contribution >= 4 is 35.4 Å². The number of hydrogen-bond donors (Lipinski definition) is 4. The van der Waals surface area contributed by atoms with E-state index in [0.717, 1.165) is 12.8 Å². The summed E-state index contributed by atoms with van der Waals surface area (Å²) >= 11 is 0. The number of primary amides is 1. The van der Waals surface area contributed by atoms with Gasteiger partial charge in [-0.3, -0.25) is 28.8 Å². The topological polar surface area (TPSA) is 182 Å². The Hall–Kier alpha value is -3.66. The predicted molar refractivity (Wildman–Crippen MR) is 195 cm³/mol. The second-order valence-electron chi connectivity index (χ2n) is 14.4. The summed E-state index contributed by atoms with van der Waals surface area (Å²) in [6, 6.07) is -5.21. The molecule has 13 heteroatoms. The largest absolute Gasteiger partial charge is 0.394 e. The predicted octanol–water partition coefficient (Wildman–Crippen LogP) is 2.15. The van der Waals surface area contributed by atoms with E-state index in [4.69, 9.17) is 12.2 Å². The Labute approximate surface area is 300 Å². The SMILES string of the molecule is C#CCCCC[C@@H](C)C(=O)N(C)[C@H](C(=O)N(C)[C@H](C(=O)N[C@H](C(=O)N(C)[C@H](C(=O)N[C@@H](CO)C(N)=O)[C@@H](C)CC)[C@@H](C)CC)C(C)C)C(C)C. The molecule has 0 aromatic carbocycles. The van der Waals surface area contributed by atoms with Crippen LogP contribution in [0.25, 0.3) is 0 Å². The molecule has 0 heterocycles. The number of aliphatic hydroxyl groups excluding tert-OH is 1. The average molecular weight is 707 g/mol. The number of nitrogens with two attached hydrogens (primary N) is 1. The summed E-state index contributed by atoms with van der Waals surface area (Å²) in [5, 5.41) is 14.9. The highest BCUT2D eigenvalue weighted by Gasteiger charge is 2.42. The van der Waals surface area contributed by atoms with Gasteiger partial charge in [0.15, 0.2) is 0 Å². The summed E-state index contributed by atoms with van der Waals surface area (Å²) in [5.74, 6) is -2.22. The van der Waals surface area contributed by atoms with E-state index < -0.39 is 66.4 Å². The van der Waals surface area contributed by atoms with Gasteiger partial charge < -0.3 is 36.2 Å². The molecule has 6 amide bonds. The van der Waals surface area contributed by atoms with Crippen LogP contribution in [0.1, 0.15) is 101 Å². The Kier molecular flexibility index (Phi) is 20.6. The summed E-state index contributed by atoms with van der Waals surface area (Å²) < 4.78 is 0. The van der Waals surface area contributed by atoms with Crippen LogP contribution in [0.15, 0.2) is 0 Å². The number of rotatable bonds is 22. The van der Waals surface area contributed by atoms with E-state index in [9.17, 15) is 33.9 Å². The monoisotopic (exact) mass is 706 g/mol. The summed E-state index contributed by atoms with van der Waals surface area (Å²) in [5.41, 5.74) is 5.31. The molecule has 0 aliphatic heterocycles. The molecule has 0 fully saturated rings. The van der Waals surface area contributed by atoms with Crippen molar-refractivity contribution in [1.29, 1.82) is 0 Å². The Balaban J connectivity index is 6.39. The van der Waals surface area contributed by atoms with Crippen molar-refractivity contribution in [2.24, 2.45) is 35.3 Å². The van der Waals surface area contributed by atoms with Crippen LogP contribution in [0.4, 0.5) is 0 Å². The minimum absolute atomic E-state index is 0.164. The van der Waals surface area contributed by atoms with Crippen molar-refractivity contribution in [2.45, 2.75) is 131 Å². The highest BCUT2D eigenvalue weighted by atomic mass is 16.3. The molecule has 286 valence electrons. The zero-order valence-corrected chi connectivity index (χ0v) is 32.6.